The van der Waals surface area contributed by atoms with Gasteiger partial charge >= 0.3 is 0 Å². The molecule has 0 bridgehead atoms. The molecular formula is C26H26N6O3. The summed E-state index contributed by atoms with van der Waals surface area (Å²) in [6, 6.07) is 16.9. The second-order valence-corrected chi connectivity index (χ2v) is 8.62. The summed E-state index contributed by atoms with van der Waals surface area (Å²) in [4.78, 5) is 24.7. The van der Waals surface area contributed by atoms with Gasteiger partial charge in [0.15, 0.2) is 5.82 Å². The Balaban J connectivity index is 1.51. The fraction of sp³-hybridized carbons (Fsp3) is 0.231. The molecule has 1 unspecified atom stereocenters. The van der Waals surface area contributed by atoms with Crippen molar-refractivity contribution in [1.82, 2.24) is 25.3 Å². The van der Waals surface area contributed by atoms with Crippen molar-refractivity contribution in [3.63, 3.8) is 0 Å². The minimum atomic E-state index is -0.353. The molecule has 0 spiro atoms. The van der Waals surface area contributed by atoms with Crippen molar-refractivity contribution in [2.75, 3.05) is 5.73 Å². The zero-order chi connectivity index (χ0) is 24.4. The molecule has 0 radical (unpaired) electrons. The number of fused-ring (bicyclic) bond motifs is 1. The number of rotatable bonds is 6. The van der Waals surface area contributed by atoms with Crippen LogP contribution in [0, 0.1) is 0 Å². The van der Waals surface area contributed by atoms with Crippen LogP contribution in [0.1, 0.15) is 31.7 Å². The number of ether oxygens (including phenoxy) is 1. The molecule has 0 saturated heterocycles. The highest BCUT2D eigenvalue weighted by atomic mass is 16.5. The number of nitrogens with two attached hydrogens (primary N) is 1. The van der Waals surface area contributed by atoms with Gasteiger partial charge in [0.1, 0.15) is 22.7 Å². The second-order valence-electron chi connectivity index (χ2n) is 8.62. The van der Waals surface area contributed by atoms with Crippen molar-refractivity contribution in [2.45, 2.75) is 37.8 Å². The van der Waals surface area contributed by atoms with Gasteiger partial charge in [0.2, 0.25) is 5.91 Å². The number of nitrogens with one attached hydrogen (secondary N) is 2. The number of amides is 1. The number of carbonyl (C=O) groups is 1. The van der Waals surface area contributed by atoms with Crippen LogP contribution in [0.5, 0.6) is 11.5 Å². The Morgan fingerprint density at radius 3 is 2.63 bits per heavy atom. The Labute approximate surface area is 201 Å². The number of H-pyrrole nitrogens is 1. The lowest BCUT2D eigenvalue weighted by Gasteiger charge is -2.30. The Morgan fingerprint density at radius 2 is 1.89 bits per heavy atom. The molecule has 35 heavy (non-hydrogen) atoms. The average molecular weight is 471 g/mol. The zero-order valence-electron chi connectivity index (χ0n) is 19.1. The zero-order valence-corrected chi connectivity index (χ0v) is 19.1. The average Bonchev–Trinajstić information content (AvgIpc) is 3.30. The summed E-state index contributed by atoms with van der Waals surface area (Å²) in [5, 5.41) is 14.8. The lowest BCUT2D eigenvalue weighted by molar-refractivity contribution is -0.117. The van der Waals surface area contributed by atoms with E-state index < -0.39 is 0 Å². The Kier molecular flexibility index (Phi) is 6.05. The first-order chi connectivity index (χ1) is 17.0. The summed E-state index contributed by atoms with van der Waals surface area (Å²) in [6.45, 7) is 3.53. The van der Waals surface area contributed by atoms with Gasteiger partial charge in [0.05, 0.1) is 11.4 Å². The van der Waals surface area contributed by atoms with E-state index in [9.17, 15) is 9.59 Å². The van der Waals surface area contributed by atoms with Crippen LogP contribution in [0.4, 0.5) is 5.82 Å². The number of aromatic amines is 1. The highest BCUT2D eigenvalue weighted by Crippen LogP contribution is 2.36. The lowest BCUT2D eigenvalue weighted by Crippen LogP contribution is -2.38. The van der Waals surface area contributed by atoms with E-state index in [-0.39, 0.29) is 29.4 Å². The van der Waals surface area contributed by atoms with Gasteiger partial charge in [0.25, 0.3) is 5.56 Å². The van der Waals surface area contributed by atoms with Crippen molar-refractivity contribution in [3.8, 4) is 22.8 Å². The van der Waals surface area contributed by atoms with Crippen LogP contribution in [-0.2, 0) is 4.79 Å². The standard InChI is InChI=1S/C26H26N6O3/c1-2-21(33)28-17-7-6-8-18(15-17)32-24-22(25(27)29-30-26(24)34)23(31-32)16-11-13-20(14-12-16)35-19-9-4-3-5-10-19/h2-5,9-14,17-18H,1,6-8,15H2,(H2,27,29)(H,28,33)(H,30,34)/t17?,18-/m1/s1. The fourth-order valence-electron chi connectivity index (χ4n) is 4.66. The maximum Gasteiger partial charge on any atom is 0.290 e. The molecule has 9 nitrogen and oxygen atoms in total. The van der Waals surface area contributed by atoms with E-state index in [4.69, 9.17) is 15.6 Å². The van der Waals surface area contributed by atoms with Gasteiger partial charge in [-0.1, -0.05) is 24.8 Å². The number of para-hydroxylation sites is 1. The van der Waals surface area contributed by atoms with Gasteiger partial charge in [-0.15, -0.1) is 0 Å². The largest absolute Gasteiger partial charge is 0.457 e. The maximum absolute atomic E-state index is 12.9. The van der Waals surface area contributed by atoms with E-state index in [1.165, 1.54) is 6.08 Å². The number of nitrogens with zero attached hydrogens (tertiary/aromatic N) is 3. The molecule has 2 atom stereocenters. The molecule has 0 aliphatic heterocycles. The van der Waals surface area contributed by atoms with Crippen LogP contribution >= 0.6 is 0 Å². The van der Waals surface area contributed by atoms with Crippen LogP contribution in [0.15, 0.2) is 72.0 Å². The van der Waals surface area contributed by atoms with Crippen LogP contribution in [-0.4, -0.2) is 31.9 Å². The van der Waals surface area contributed by atoms with Gasteiger partial charge in [-0.2, -0.15) is 10.2 Å². The lowest BCUT2D eigenvalue weighted by atomic mass is 9.91. The van der Waals surface area contributed by atoms with Crippen molar-refractivity contribution >= 4 is 22.6 Å². The summed E-state index contributed by atoms with van der Waals surface area (Å²) in [6.07, 6.45) is 4.52. The van der Waals surface area contributed by atoms with Crippen LogP contribution in [0.3, 0.4) is 0 Å². The van der Waals surface area contributed by atoms with Crippen molar-refractivity contribution in [3.05, 3.63) is 77.6 Å². The molecule has 1 aliphatic carbocycles. The van der Waals surface area contributed by atoms with Crippen LogP contribution in [0.25, 0.3) is 22.2 Å². The first kappa shape index (κ1) is 22.4. The Morgan fingerprint density at radius 1 is 1.14 bits per heavy atom. The molecule has 5 rings (SSSR count). The molecule has 1 fully saturated rings. The normalized spacial score (nSPS) is 17.7. The van der Waals surface area contributed by atoms with Gasteiger partial charge in [-0.3, -0.25) is 14.3 Å². The van der Waals surface area contributed by atoms with E-state index in [2.05, 4.69) is 22.1 Å². The van der Waals surface area contributed by atoms with Gasteiger partial charge < -0.3 is 15.8 Å². The summed E-state index contributed by atoms with van der Waals surface area (Å²) < 4.78 is 7.65. The first-order valence-electron chi connectivity index (χ1n) is 11.6. The van der Waals surface area contributed by atoms with Crippen molar-refractivity contribution < 1.29 is 9.53 Å². The Bertz CT molecular complexity index is 1430. The predicted molar refractivity (Wildman–Crippen MR) is 134 cm³/mol. The van der Waals surface area contributed by atoms with E-state index in [1.807, 2.05) is 54.6 Å². The number of benzene rings is 2. The summed E-state index contributed by atoms with van der Waals surface area (Å²) >= 11 is 0. The molecule has 4 N–H and O–H groups in total. The third-order valence-corrected chi connectivity index (χ3v) is 6.29. The fourth-order valence-corrected chi connectivity index (χ4v) is 4.66. The quantitative estimate of drug-likeness (QED) is 0.366. The number of nitrogen functional groups attached to an aromatic ring is 1. The van der Waals surface area contributed by atoms with E-state index in [1.54, 1.807) is 4.68 Å². The second kappa shape index (κ2) is 9.46. The van der Waals surface area contributed by atoms with Crippen molar-refractivity contribution in [2.24, 2.45) is 0 Å². The molecule has 178 valence electrons. The van der Waals surface area contributed by atoms with Gasteiger partial charge in [-0.25, -0.2) is 5.10 Å². The molecular weight excluding hydrogens is 444 g/mol. The number of hydrogen-bond donors (Lipinski definition) is 3. The van der Waals surface area contributed by atoms with Gasteiger partial charge in [-0.05, 0) is 68.2 Å². The van der Waals surface area contributed by atoms with Gasteiger partial charge in [0, 0.05) is 11.6 Å². The SMILES string of the molecule is C=CC(=O)NC1CCC[C@@H](n2nc(-c3ccc(Oc4ccccc4)cc3)c3c(N)n[nH]c(=O)c32)C1. The summed E-state index contributed by atoms with van der Waals surface area (Å²) in [5.41, 5.74) is 7.63. The van der Waals surface area contributed by atoms with E-state index >= 15 is 0 Å². The molecule has 9 heteroatoms. The molecule has 1 amide bonds. The van der Waals surface area contributed by atoms with E-state index in [0.29, 0.717) is 28.8 Å². The third-order valence-electron chi connectivity index (χ3n) is 6.29. The van der Waals surface area contributed by atoms with Crippen molar-refractivity contribution in [1.29, 1.82) is 0 Å². The summed E-state index contributed by atoms with van der Waals surface area (Å²) in [5.74, 6) is 1.43. The minimum absolute atomic E-state index is 0.0189. The number of aromatic nitrogens is 4. The van der Waals surface area contributed by atoms with E-state index in [0.717, 1.165) is 30.6 Å². The summed E-state index contributed by atoms with van der Waals surface area (Å²) in [7, 11) is 0. The van der Waals surface area contributed by atoms with Crippen LogP contribution in [0.2, 0.25) is 0 Å². The third kappa shape index (κ3) is 4.52. The predicted octanol–water partition coefficient (Wildman–Crippen LogP) is 3.95. The Hall–Kier alpha value is -4.40. The van der Waals surface area contributed by atoms with Crippen LogP contribution < -0.4 is 21.3 Å². The molecule has 2 aromatic heterocycles. The molecule has 1 aliphatic rings. The number of carbonyl (C=O) groups excluding carboxylic acids is 1. The first-order valence-corrected chi connectivity index (χ1v) is 11.6. The number of anilines is 1. The minimum Gasteiger partial charge on any atom is -0.457 e. The monoisotopic (exact) mass is 470 g/mol. The topological polar surface area (TPSA) is 128 Å². The highest BCUT2D eigenvalue weighted by molar-refractivity contribution is 5.99. The molecule has 2 heterocycles. The molecule has 4 aromatic rings. The number of hydrogen-bond acceptors (Lipinski definition) is 6. The highest BCUT2D eigenvalue weighted by Gasteiger charge is 2.29. The molecule has 1 saturated carbocycles. The molecule has 2 aromatic carbocycles. The maximum atomic E-state index is 12.9. The smallest absolute Gasteiger partial charge is 0.290 e.